The third-order valence-electron chi connectivity index (χ3n) is 17.3. The molecule has 0 radical (unpaired) electrons. The van der Waals surface area contributed by atoms with Crippen LogP contribution in [0, 0.1) is 0 Å². The van der Waals surface area contributed by atoms with Gasteiger partial charge in [-0.1, -0.05) is 167 Å². The summed E-state index contributed by atoms with van der Waals surface area (Å²) in [6, 6.07) is -4.68. The molecule has 3 amide bonds. The number of aliphatic carboxylic acids is 1. The van der Waals surface area contributed by atoms with Gasteiger partial charge in [-0.2, -0.15) is 0 Å². The van der Waals surface area contributed by atoms with Crippen molar-refractivity contribution >= 4 is 23.7 Å². The van der Waals surface area contributed by atoms with Gasteiger partial charge in [0.1, 0.15) is 91.5 Å². The lowest BCUT2D eigenvalue weighted by atomic mass is 9.88. The van der Waals surface area contributed by atoms with Crippen LogP contribution in [0.5, 0.6) is 0 Å². The Bertz CT molecular complexity index is 2530. The highest BCUT2D eigenvalue weighted by Crippen LogP contribution is 2.40. The van der Waals surface area contributed by atoms with Gasteiger partial charge in [0.2, 0.25) is 17.7 Å². The number of hydrogen-bond acceptors (Lipinski definition) is 25. The molecule has 4 fully saturated rings. The number of carboxylic acid groups (broad SMARTS) is 1. The Morgan fingerprint density at radius 3 is 1.71 bits per heavy atom. The monoisotopic (exact) mass is 1360 g/mol. The molecule has 4 saturated heterocycles. The highest BCUT2D eigenvalue weighted by Gasteiger charge is 2.61. The van der Waals surface area contributed by atoms with Crippen molar-refractivity contribution in [1.29, 1.82) is 0 Å². The first kappa shape index (κ1) is 69.3. The molecule has 548 valence electrons. The first-order chi connectivity index (χ1) is 48.4. The van der Waals surface area contributed by atoms with Crippen LogP contribution in [-0.4, -0.2) is 269 Å². The molecule has 0 aromatic carbocycles. The Morgan fingerprint density at radius 1 is 0.617 bits per heavy atom. The lowest BCUT2D eigenvalue weighted by Gasteiger charge is -2.52. The Morgan fingerprint density at radius 2 is 1.15 bits per heavy atom. The van der Waals surface area contributed by atoms with Gasteiger partial charge in [-0.3, -0.25) is 14.4 Å². The van der Waals surface area contributed by atoms with E-state index in [1.807, 2.05) is 0 Å². The summed E-state index contributed by atoms with van der Waals surface area (Å²) in [6.45, 7) is -4.16. The van der Waals surface area contributed by atoms with Gasteiger partial charge >= 0.3 is 5.97 Å². The van der Waals surface area contributed by atoms with Crippen LogP contribution in [0.25, 0.3) is 0 Å². The van der Waals surface area contributed by atoms with E-state index in [2.05, 4.69) is 22.9 Å². The molecule has 23 atom stereocenters. The largest absolute Gasteiger partial charge is 0.477 e. The summed E-state index contributed by atoms with van der Waals surface area (Å²) >= 11 is 0. The van der Waals surface area contributed by atoms with E-state index in [0.717, 1.165) is 71.6 Å². The van der Waals surface area contributed by atoms with Crippen molar-refractivity contribution in [3.05, 3.63) is 12.2 Å². The number of aliphatic hydroxyl groups is 13. The summed E-state index contributed by atoms with van der Waals surface area (Å²) in [5.41, 5.74) is 0. The lowest BCUT2D eigenvalue weighted by Crippen LogP contribution is -2.72. The number of carbonyl (C=O) groups is 4. The number of aliphatic hydroxyl groups excluding tert-OH is 13. The molecule has 0 saturated carbocycles. The number of hydrogen-bond donors (Lipinski definition) is 17. The van der Waals surface area contributed by atoms with Crippen LogP contribution >= 0.6 is 0 Å². The van der Waals surface area contributed by atoms with Crippen LogP contribution < -0.4 is 16.0 Å². The smallest absolute Gasteiger partial charge is 0.364 e. The molecular formula is C65H117N3O26. The third-order valence-corrected chi connectivity index (χ3v) is 17.3. The average Bonchev–Trinajstić information content (AvgIpc) is 0.753. The predicted octanol–water partition coefficient (Wildman–Crippen LogP) is 0.353. The predicted molar refractivity (Wildman–Crippen MR) is 336 cm³/mol. The van der Waals surface area contributed by atoms with Gasteiger partial charge in [0.05, 0.1) is 57.3 Å². The summed E-state index contributed by atoms with van der Waals surface area (Å²) in [5.74, 6) is -7.60. The summed E-state index contributed by atoms with van der Waals surface area (Å²) < 4.78 is 118. The molecule has 0 unspecified atom stereocenters. The van der Waals surface area contributed by atoms with E-state index in [0.29, 0.717) is 32.1 Å². The van der Waals surface area contributed by atoms with Crippen molar-refractivity contribution in [1.82, 2.24) is 16.0 Å². The molecule has 4 heterocycles. The molecule has 4 aliphatic rings. The summed E-state index contributed by atoms with van der Waals surface area (Å²) in [5, 5.41) is 163. The van der Waals surface area contributed by atoms with Gasteiger partial charge in [-0.05, 0) is 19.3 Å². The molecule has 4 aliphatic heterocycles. The zero-order chi connectivity index (χ0) is 77.2. The molecule has 0 aliphatic carbocycles. The topological polar surface area (TPSA) is 461 Å². The first-order valence-corrected chi connectivity index (χ1v) is 33.5. The average molecular weight is 1370 g/mol. The van der Waals surface area contributed by atoms with E-state index in [4.69, 9.17) is 50.2 Å². The van der Waals surface area contributed by atoms with Crippen LogP contribution in [-0.2, 0) is 57.1 Å². The van der Waals surface area contributed by atoms with Crippen molar-refractivity contribution in [2.45, 2.75) is 341 Å². The highest BCUT2D eigenvalue weighted by molar-refractivity contribution is 5.77. The van der Waals surface area contributed by atoms with Gasteiger partial charge in [0, 0.05) is 39.0 Å². The molecule has 94 heavy (non-hydrogen) atoms. The van der Waals surface area contributed by atoms with E-state index < -0.39 is 230 Å². The lowest BCUT2D eigenvalue weighted by molar-refractivity contribution is -0.401. The van der Waals surface area contributed by atoms with Crippen LogP contribution in [0.2, 0.25) is 0 Å². The minimum Gasteiger partial charge on any atom is -0.477 e. The number of carboxylic acids is 1. The Hall–Kier alpha value is -3.22. The summed E-state index contributed by atoms with van der Waals surface area (Å²) in [7, 11) is 0. The minimum atomic E-state index is -3.41. The van der Waals surface area contributed by atoms with Crippen LogP contribution in [0.1, 0.15) is 213 Å². The molecule has 0 aromatic rings. The Kier molecular flexibility index (Phi) is 33.0. The molecule has 29 heteroatoms. The van der Waals surface area contributed by atoms with Gasteiger partial charge in [0.15, 0.2) is 18.9 Å². The second-order valence-electron chi connectivity index (χ2n) is 24.9. The maximum absolute atomic E-state index is 13.6. The van der Waals surface area contributed by atoms with E-state index in [1.165, 1.54) is 44.6 Å². The summed E-state index contributed by atoms with van der Waals surface area (Å²) in [6.07, 6.45) is -27.9. The minimum absolute atomic E-state index is 0.0197. The number of carbonyl (C=O) groups excluding carboxylic acids is 3. The van der Waals surface area contributed by atoms with Crippen LogP contribution in [0.3, 0.4) is 0 Å². The second kappa shape index (κ2) is 44.7. The fourth-order valence-corrected chi connectivity index (χ4v) is 12.0. The highest BCUT2D eigenvalue weighted by atomic mass is 16.8. The molecule has 0 aromatic heterocycles. The van der Waals surface area contributed by atoms with Gasteiger partial charge in [-0.25, -0.2) is 4.79 Å². The van der Waals surface area contributed by atoms with E-state index in [1.54, 1.807) is 6.08 Å². The molecule has 0 bridgehead atoms. The van der Waals surface area contributed by atoms with Crippen LogP contribution in [0.15, 0.2) is 12.2 Å². The molecule has 29 nitrogen and oxygen atoms in total. The fourth-order valence-electron chi connectivity index (χ4n) is 12.0. The van der Waals surface area contributed by atoms with Crippen molar-refractivity contribution in [2.75, 3.05) is 33.0 Å². The van der Waals surface area contributed by atoms with E-state index >= 15 is 0 Å². The Labute approximate surface area is 565 Å². The van der Waals surface area contributed by atoms with Gasteiger partial charge < -0.3 is 125 Å². The number of ether oxygens (including phenoxy) is 8. The van der Waals surface area contributed by atoms with Gasteiger partial charge in [0.25, 0.3) is 5.79 Å². The standard InChI is InChI=1S/C65H117N3O26/c1-5-7-9-11-13-15-17-19-21-23-25-27-29-31-42(75)41(68-48(78)32-30-28-26-24-22-20-18-16-14-12-10-8-6-2)38-87-62-55(83)54(82)57(46(36-71)89-62)91-63-56(84)60(58(47(37-72)90-63)92-61-50(67-40(4)74)53(81)52(80)45(35-70)88-61)94-65(64(85)86)33-43(76)49(66-39(3)73)59(93-65)51(79)44(77)34-69/h29,31,41-47,49-63,69-72,75-77,79-84H,5-28,30,32-38H2,1-4H3,(H,66,73)(H,67,74)(H,68,78)(H,85,86)/b31-29+/t41-,42+,43-,44+,45+,46+,47+,49+,50+,51+,52-,53+,54+,55+,56+,57+,58-,59+,60+,61-,62+,63-,65-/m0/s1/i2D3,6D2,8D2,10D2. The molecule has 17 N–H and O–H groups in total. The zero-order valence-electron chi connectivity index (χ0n) is 63.5. The quantitative estimate of drug-likeness (QED) is 0.0289. The van der Waals surface area contributed by atoms with Crippen LogP contribution in [0.4, 0.5) is 0 Å². The SMILES string of the molecule is [2H]C([2H])([2H])C([2H])([2H])C([2H])([2H])C([2H])([2H])CCCCCCCCCCCC(=O)N[C@@H](CO[C@@H]1O[C@H](CO)[C@@H](O[C@@H]2O[C@H](CO)[C@H](O[C@@H]3O[C@H](CO)[C@H](O)[C@H](O)[C@H]3NC(C)=O)[C@H](O[C@]3(C(=O)O)C[C@H](O)[C@@H](NC(C)=O)[C@H]([C@H](O)[C@H](O)CO)O3)[C@H]2O)[C@H](O)[C@H]1O)[C@H](O)/C=C/CCCCCCCCCCCCC. The number of allylic oxidation sites excluding steroid dienone is 1. The maximum Gasteiger partial charge on any atom is 0.364 e. The van der Waals surface area contributed by atoms with E-state index in [-0.39, 0.29) is 19.3 Å². The number of rotatable bonds is 47. The third kappa shape index (κ3) is 26.5. The van der Waals surface area contributed by atoms with Gasteiger partial charge in [-0.15, -0.1) is 0 Å². The zero-order valence-corrected chi connectivity index (χ0v) is 54.5. The first-order valence-electron chi connectivity index (χ1n) is 38.0. The molecule has 0 spiro atoms. The van der Waals surface area contributed by atoms with Crippen molar-refractivity contribution in [3.63, 3.8) is 0 Å². The summed E-state index contributed by atoms with van der Waals surface area (Å²) in [4.78, 5) is 52.0. The number of unbranched alkanes of at least 4 members (excludes halogenated alkanes) is 19. The Balaban J connectivity index is 1.53. The maximum atomic E-state index is 13.6. The molecule has 4 rings (SSSR count). The fraction of sp³-hybridized carbons (Fsp3) is 0.908. The van der Waals surface area contributed by atoms with Crippen molar-refractivity contribution in [2.24, 2.45) is 0 Å². The van der Waals surface area contributed by atoms with Crippen molar-refractivity contribution in [3.8, 4) is 0 Å². The molecular weight excluding hydrogens is 1240 g/mol. The second-order valence-corrected chi connectivity index (χ2v) is 24.9. The number of amides is 3. The number of nitrogens with one attached hydrogen (secondary N) is 3. The van der Waals surface area contributed by atoms with E-state index in [9.17, 15) is 90.7 Å². The normalized spacial score (nSPS) is 34.8. The van der Waals surface area contributed by atoms with Crippen molar-refractivity contribution < 1.29 is 141 Å².